The van der Waals surface area contributed by atoms with Gasteiger partial charge in [-0.15, -0.1) is 0 Å². The Kier molecular flexibility index (Phi) is 6.96. The Labute approximate surface area is 99.1 Å². The molecule has 1 aliphatic rings. The Morgan fingerprint density at radius 1 is 1.44 bits per heavy atom. The van der Waals surface area contributed by atoms with Crippen molar-refractivity contribution in [1.82, 2.24) is 4.90 Å². The number of likely N-dealkylation sites (N-methyl/N-ethyl adjacent to an activating group) is 1. The van der Waals surface area contributed by atoms with E-state index in [-0.39, 0.29) is 0 Å². The number of hydrogen-bond donors (Lipinski definition) is 1. The largest absolute Gasteiger partial charge is 0.381 e. The maximum absolute atomic E-state index is 5.89. The van der Waals surface area contributed by atoms with Gasteiger partial charge in [0.05, 0.1) is 6.61 Å². The smallest absolute Gasteiger partial charge is 0.0593 e. The second kappa shape index (κ2) is 8.01. The highest BCUT2D eigenvalue weighted by Crippen LogP contribution is 2.21. The summed E-state index contributed by atoms with van der Waals surface area (Å²) >= 11 is 0. The topological polar surface area (TPSA) is 47.7 Å². The van der Waals surface area contributed by atoms with Gasteiger partial charge in [0.1, 0.15) is 0 Å². The third-order valence-electron chi connectivity index (χ3n) is 3.41. The van der Waals surface area contributed by atoms with Crippen molar-refractivity contribution in [1.29, 1.82) is 0 Å². The molecule has 0 aromatic carbocycles. The fourth-order valence-electron chi connectivity index (χ4n) is 2.35. The van der Waals surface area contributed by atoms with Crippen LogP contribution in [0.2, 0.25) is 0 Å². The van der Waals surface area contributed by atoms with E-state index in [2.05, 4.69) is 11.9 Å². The molecule has 0 amide bonds. The predicted molar refractivity (Wildman–Crippen MR) is 65.5 cm³/mol. The van der Waals surface area contributed by atoms with Crippen molar-refractivity contribution in [2.24, 2.45) is 11.7 Å². The van der Waals surface area contributed by atoms with Crippen LogP contribution < -0.4 is 5.73 Å². The van der Waals surface area contributed by atoms with Crippen LogP contribution in [0.25, 0.3) is 0 Å². The molecule has 0 aliphatic carbocycles. The Balaban J connectivity index is 2.32. The van der Waals surface area contributed by atoms with Gasteiger partial charge in [0.15, 0.2) is 0 Å². The molecular weight excluding hydrogens is 204 g/mol. The van der Waals surface area contributed by atoms with Gasteiger partial charge in [0.25, 0.3) is 0 Å². The lowest BCUT2D eigenvalue weighted by Gasteiger charge is -2.35. The van der Waals surface area contributed by atoms with Crippen molar-refractivity contribution in [3.63, 3.8) is 0 Å². The number of hydrogen-bond acceptors (Lipinski definition) is 4. The van der Waals surface area contributed by atoms with Gasteiger partial charge < -0.3 is 15.2 Å². The van der Waals surface area contributed by atoms with E-state index >= 15 is 0 Å². The zero-order valence-corrected chi connectivity index (χ0v) is 10.7. The van der Waals surface area contributed by atoms with E-state index in [1.54, 1.807) is 0 Å². The predicted octanol–water partition coefficient (Wildman–Crippen LogP) is 0.709. The van der Waals surface area contributed by atoms with Gasteiger partial charge in [-0.05, 0) is 32.7 Å². The lowest BCUT2D eigenvalue weighted by atomic mass is 9.91. The molecule has 1 saturated heterocycles. The van der Waals surface area contributed by atoms with Crippen LogP contribution in [-0.2, 0) is 9.47 Å². The van der Waals surface area contributed by atoms with Crippen LogP contribution in [0.15, 0.2) is 0 Å². The maximum Gasteiger partial charge on any atom is 0.0593 e. The average molecular weight is 230 g/mol. The van der Waals surface area contributed by atoms with E-state index in [9.17, 15) is 0 Å². The molecule has 0 spiro atoms. The Morgan fingerprint density at radius 2 is 2.12 bits per heavy atom. The summed E-state index contributed by atoms with van der Waals surface area (Å²) in [7, 11) is 2.14. The lowest BCUT2D eigenvalue weighted by molar-refractivity contribution is 0.0260. The molecule has 16 heavy (non-hydrogen) atoms. The molecule has 4 nitrogen and oxygen atoms in total. The van der Waals surface area contributed by atoms with Gasteiger partial charge in [-0.3, -0.25) is 4.90 Å². The van der Waals surface area contributed by atoms with Crippen molar-refractivity contribution in [2.75, 3.05) is 46.6 Å². The van der Waals surface area contributed by atoms with E-state index in [4.69, 9.17) is 15.2 Å². The summed E-state index contributed by atoms with van der Waals surface area (Å²) in [6.45, 7) is 7.09. The summed E-state index contributed by atoms with van der Waals surface area (Å²) in [4.78, 5) is 2.34. The molecule has 1 atom stereocenters. The Morgan fingerprint density at radius 3 is 2.69 bits per heavy atom. The molecule has 0 aromatic heterocycles. The van der Waals surface area contributed by atoms with Gasteiger partial charge in [0, 0.05) is 39.0 Å². The van der Waals surface area contributed by atoms with Crippen LogP contribution in [0.3, 0.4) is 0 Å². The maximum atomic E-state index is 5.89. The molecule has 2 N–H and O–H groups in total. The van der Waals surface area contributed by atoms with Gasteiger partial charge in [-0.1, -0.05) is 0 Å². The highest BCUT2D eigenvalue weighted by Gasteiger charge is 2.25. The zero-order valence-electron chi connectivity index (χ0n) is 10.7. The molecule has 0 aromatic rings. The van der Waals surface area contributed by atoms with Gasteiger partial charge in [-0.25, -0.2) is 0 Å². The second-order valence-electron chi connectivity index (χ2n) is 4.43. The first-order valence-corrected chi connectivity index (χ1v) is 6.35. The standard InChI is InChI=1S/C12H26N2O2/c1-3-15-9-6-14(2)12(10-13)11-4-7-16-8-5-11/h11-12H,3-10,13H2,1-2H3. The zero-order chi connectivity index (χ0) is 11.8. The minimum atomic E-state index is 0.476. The summed E-state index contributed by atoms with van der Waals surface area (Å²) in [6.07, 6.45) is 2.28. The fourth-order valence-corrected chi connectivity index (χ4v) is 2.35. The first-order chi connectivity index (χ1) is 7.79. The number of rotatable bonds is 7. The van der Waals surface area contributed by atoms with Crippen LogP contribution in [0.4, 0.5) is 0 Å². The van der Waals surface area contributed by atoms with Gasteiger partial charge >= 0.3 is 0 Å². The van der Waals surface area contributed by atoms with E-state index in [0.717, 1.165) is 52.4 Å². The third-order valence-corrected chi connectivity index (χ3v) is 3.41. The molecule has 0 saturated carbocycles. The minimum absolute atomic E-state index is 0.476. The van der Waals surface area contributed by atoms with Crippen LogP contribution in [0, 0.1) is 5.92 Å². The quantitative estimate of drug-likeness (QED) is 0.654. The van der Waals surface area contributed by atoms with Crippen LogP contribution in [0.5, 0.6) is 0 Å². The molecule has 1 fully saturated rings. The van der Waals surface area contributed by atoms with Gasteiger partial charge in [0.2, 0.25) is 0 Å². The number of ether oxygens (including phenoxy) is 2. The highest BCUT2D eigenvalue weighted by atomic mass is 16.5. The first-order valence-electron chi connectivity index (χ1n) is 6.35. The molecule has 1 aliphatic heterocycles. The van der Waals surface area contributed by atoms with E-state index in [0.29, 0.717) is 12.0 Å². The van der Waals surface area contributed by atoms with Crippen molar-refractivity contribution in [3.8, 4) is 0 Å². The Hall–Kier alpha value is -0.160. The highest BCUT2D eigenvalue weighted by molar-refractivity contribution is 4.80. The van der Waals surface area contributed by atoms with E-state index < -0.39 is 0 Å². The van der Waals surface area contributed by atoms with E-state index in [1.807, 2.05) is 6.92 Å². The third kappa shape index (κ3) is 4.37. The lowest BCUT2D eigenvalue weighted by Crippen LogP contribution is -2.46. The summed E-state index contributed by atoms with van der Waals surface area (Å²) in [5.74, 6) is 0.686. The van der Waals surface area contributed by atoms with Crippen LogP contribution in [-0.4, -0.2) is 57.5 Å². The fraction of sp³-hybridized carbons (Fsp3) is 1.00. The summed E-state index contributed by atoms with van der Waals surface area (Å²) in [5.41, 5.74) is 5.89. The SMILES string of the molecule is CCOCCN(C)C(CN)C1CCOCC1. The number of nitrogens with zero attached hydrogens (tertiary/aromatic N) is 1. The molecule has 4 heteroatoms. The second-order valence-corrected chi connectivity index (χ2v) is 4.43. The molecule has 1 rings (SSSR count). The van der Waals surface area contributed by atoms with Crippen LogP contribution >= 0.6 is 0 Å². The summed E-state index contributed by atoms with van der Waals surface area (Å²) < 4.78 is 10.8. The average Bonchev–Trinajstić information content (AvgIpc) is 2.32. The summed E-state index contributed by atoms with van der Waals surface area (Å²) in [5, 5.41) is 0. The number of nitrogens with two attached hydrogens (primary N) is 1. The van der Waals surface area contributed by atoms with Crippen molar-refractivity contribution < 1.29 is 9.47 Å². The van der Waals surface area contributed by atoms with Crippen molar-refractivity contribution in [3.05, 3.63) is 0 Å². The molecular formula is C12H26N2O2. The minimum Gasteiger partial charge on any atom is -0.381 e. The first kappa shape index (κ1) is 13.9. The molecule has 0 bridgehead atoms. The van der Waals surface area contributed by atoms with Crippen LogP contribution in [0.1, 0.15) is 19.8 Å². The van der Waals surface area contributed by atoms with Crippen molar-refractivity contribution >= 4 is 0 Å². The Bertz CT molecular complexity index is 172. The van der Waals surface area contributed by atoms with Gasteiger partial charge in [-0.2, -0.15) is 0 Å². The summed E-state index contributed by atoms with van der Waals surface area (Å²) in [6, 6.07) is 0.476. The van der Waals surface area contributed by atoms with Crippen molar-refractivity contribution in [2.45, 2.75) is 25.8 Å². The monoisotopic (exact) mass is 230 g/mol. The molecule has 96 valence electrons. The molecule has 1 heterocycles. The normalized spacial score (nSPS) is 20.2. The molecule has 0 radical (unpaired) electrons. The van der Waals surface area contributed by atoms with E-state index in [1.165, 1.54) is 0 Å². The molecule has 1 unspecified atom stereocenters.